The molecule has 22 heavy (non-hydrogen) atoms. The lowest BCUT2D eigenvalue weighted by Crippen LogP contribution is -2.37. The molecule has 0 heterocycles. The quantitative estimate of drug-likeness (QED) is 0.795. The lowest BCUT2D eigenvalue weighted by molar-refractivity contribution is 0.379. The zero-order valence-electron chi connectivity index (χ0n) is 12.7. The number of hydrogen-bond acceptors (Lipinski definition) is 2. The van der Waals surface area contributed by atoms with E-state index >= 15 is 0 Å². The van der Waals surface area contributed by atoms with Crippen molar-refractivity contribution in [3.8, 4) is 12.3 Å². The molecule has 0 bridgehead atoms. The lowest BCUT2D eigenvalue weighted by Gasteiger charge is -2.25. The van der Waals surface area contributed by atoms with E-state index in [0.29, 0.717) is 0 Å². The van der Waals surface area contributed by atoms with E-state index in [2.05, 4.69) is 5.92 Å². The molecule has 1 unspecified atom stereocenters. The summed E-state index contributed by atoms with van der Waals surface area (Å²) in [5.74, 6) is 2.52. The number of sulfonamides is 1. The van der Waals surface area contributed by atoms with Crippen LogP contribution in [-0.4, -0.2) is 18.8 Å². The van der Waals surface area contributed by atoms with E-state index in [4.69, 9.17) is 6.42 Å². The van der Waals surface area contributed by atoms with E-state index in [0.717, 1.165) is 11.1 Å². The molecule has 0 aliphatic heterocycles. The van der Waals surface area contributed by atoms with Crippen LogP contribution >= 0.6 is 0 Å². The minimum atomic E-state index is -3.64. The van der Waals surface area contributed by atoms with Gasteiger partial charge in [-0.2, -0.15) is 4.31 Å². The van der Waals surface area contributed by atoms with Crippen molar-refractivity contribution in [1.82, 2.24) is 4.31 Å². The molecule has 4 heteroatoms. The Kier molecular flexibility index (Phi) is 5.02. The Morgan fingerprint density at radius 3 is 2.23 bits per heavy atom. The molecule has 0 saturated heterocycles. The third kappa shape index (κ3) is 3.56. The predicted molar refractivity (Wildman–Crippen MR) is 88.6 cm³/mol. The van der Waals surface area contributed by atoms with Crippen molar-refractivity contribution < 1.29 is 8.42 Å². The molecule has 0 radical (unpaired) electrons. The highest BCUT2D eigenvalue weighted by Gasteiger charge is 2.28. The zero-order valence-corrected chi connectivity index (χ0v) is 13.5. The Labute approximate surface area is 132 Å². The number of aryl methyl sites for hydroxylation is 1. The topological polar surface area (TPSA) is 37.4 Å². The van der Waals surface area contributed by atoms with Crippen LogP contribution in [0.5, 0.6) is 0 Å². The van der Waals surface area contributed by atoms with Crippen molar-refractivity contribution in [2.24, 2.45) is 0 Å². The summed E-state index contributed by atoms with van der Waals surface area (Å²) in [6, 6.07) is 15.7. The zero-order chi connectivity index (χ0) is 16.2. The fraction of sp³-hybridized carbons (Fsp3) is 0.222. The van der Waals surface area contributed by atoms with E-state index in [1.54, 1.807) is 31.2 Å². The Hall–Kier alpha value is -2.09. The van der Waals surface area contributed by atoms with Gasteiger partial charge in [-0.25, -0.2) is 8.42 Å². The fourth-order valence-corrected chi connectivity index (χ4v) is 3.67. The van der Waals surface area contributed by atoms with Gasteiger partial charge >= 0.3 is 0 Å². The minimum Gasteiger partial charge on any atom is -0.207 e. The molecule has 0 fully saturated rings. The average Bonchev–Trinajstić information content (AvgIpc) is 2.53. The molecule has 0 N–H and O–H groups in total. The molecule has 0 aromatic heterocycles. The van der Waals surface area contributed by atoms with Crippen LogP contribution in [0.2, 0.25) is 0 Å². The molecule has 2 rings (SSSR count). The van der Waals surface area contributed by atoms with Crippen molar-refractivity contribution in [3.63, 3.8) is 0 Å². The van der Waals surface area contributed by atoms with E-state index in [1.807, 2.05) is 37.3 Å². The molecule has 0 amide bonds. The normalized spacial score (nSPS) is 12.8. The highest BCUT2D eigenvalue weighted by molar-refractivity contribution is 7.89. The molecule has 0 saturated carbocycles. The molecule has 1 atom stereocenters. The van der Waals surface area contributed by atoms with Gasteiger partial charge in [0, 0.05) is 6.54 Å². The monoisotopic (exact) mass is 313 g/mol. The second-order valence-corrected chi connectivity index (χ2v) is 7.08. The van der Waals surface area contributed by atoms with Crippen LogP contribution in [0.3, 0.4) is 0 Å². The van der Waals surface area contributed by atoms with Crippen LogP contribution in [0, 0.1) is 19.3 Å². The molecule has 3 nitrogen and oxygen atoms in total. The van der Waals surface area contributed by atoms with E-state index in [9.17, 15) is 8.42 Å². The summed E-state index contributed by atoms with van der Waals surface area (Å²) < 4.78 is 27.1. The molecular weight excluding hydrogens is 294 g/mol. The molecule has 0 spiro atoms. The largest absolute Gasteiger partial charge is 0.244 e. The van der Waals surface area contributed by atoms with Gasteiger partial charge in [0.25, 0.3) is 0 Å². The van der Waals surface area contributed by atoms with Gasteiger partial charge in [0.15, 0.2) is 0 Å². The summed E-state index contributed by atoms with van der Waals surface area (Å²) in [4.78, 5) is 0.260. The SMILES string of the molecule is C#CC(C)N(Cc1ccccc1)S(=O)(=O)c1ccc(C)cc1. The summed E-state index contributed by atoms with van der Waals surface area (Å²) in [6.07, 6.45) is 5.47. The van der Waals surface area contributed by atoms with Crippen LogP contribution in [0.15, 0.2) is 59.5 Å². The standard InChI is InChI=1S/C18H19NO2S/c1-4-16(3)19(14-17-8-6-5-7-9-17)22(20,21)18-12-10-15(2)11-13-18/h1,5-13,16H,14H2,2-3H3. The van der Waals surface area contributed by atoms with Gasteiger partial charge in [-0.05, 0) is 31.5 Å². The molecule has 2 aromatic rings. The maximum atomic E-state index is 12.9. The van der Waals surface area contributed by atoms with Crippen molar-refractivity contribution in [1.29, 1.82) is 0 Å². The molecule has 0 aliphatic carbocycles. The maximum absolute atomic E-state index is 12.9. The third-order valence-electron chi connectivity index (χ3n) is 3.48. The maximum Gasteiger partial charge on any atom is 0.244 e. The fourth-order valence-electron chi connectivity index (χ4n) is 2.12. The lowest BCUT2D eigenvalue weighted by atomic mass is 10.2. The first-order valence-corrected chi connectivity index (χ1v) is 8.47. The summed E-state index contributed by atoms with van der Waals surface area (Å²) in [6.45, 7) is 3.89. The van der Waals surface area contributed by atoms with Gasteiger partial charge in [0.2, 0.25) is 10.0 Å². The van der Waals surface area contributed by atoms with Crippen molar-refractivity contribution >= 4 is 10.0 Å². The summed E-state index contributed by atoms with van der Waals surface area (Å²) in [7, 11) is -3.64. The summed E-state index contributed by atoms with van der Waals surface area (Å²) in [5.41, 5.74) is 1.92. The Bertz CT molecular complexity index is 759. The first-order chi connectivity index (χ1) is 10.4. The van der Waals surface area contributed by atoms with Crippen molar-refractivity contribution in [2.75, 3.05) is 0 Å². The van der Waals surface area contributed by atoms with Crippen LogP contribution in [0.1, 0.15) is 18.1 Å². The molecular formula is C18H19NO2S. The summed E-state index contributed by atoms with van der Waals surface area (Å²) >= 11 is 0. The Morgan fingerprint density at radius 2 is 1.68 bits per heavy atom. The van der Waals surface area contributed by atoms with Crippen LogP contribution in [-0.2, 0) is 16.6 Å². The number of rotatable bonds is 5. The van der Waals surface area contributed by atoms with E-state index in [1.165, 1.54) is 4.31 Å². The average molecular weight is 313 g/mol. The predicted octanol–water partition coefficient (Wildman–Crippen LogP) is 3.21. The highest BCUT2D eigenvalue weighted by atomic mass is 32.2. The van der Waals surface area contributed by atoms with Crippen LogP contribution in [0.4, 0.5) is 0 Å². The number of nitrogens with zero attached hydrogens (tertiary/aromatic N) is 1. The van der Waals surface area contributed by atoms with Crippen molar-refractivity contribution in [2.45, 2.75) is 31.3 Å². The highest BCUT2D eigenvalue weighted by Crippen LogP contribution is 2.21. The first kappa shape index (κ1) is 16.3. The van der Waals surface area contributed by atoms with Gasteiger partial charge in [-0.3, -0.25) is 0 Å². The van der Waals surface area contributed by atoms with Gasteiger partial charge in [0.1, 0.15) is 0 Å². The van der Waals surface area contributed by atoms with Gasteiger partial charge in [0.05, 0.1) is 10.9 Å². The van der Waals surface area contributed by atoms with Crippen molar-refractivity contribution in [3.05, 3.63) is 65.7 Å². The first-order valence-electron chi connectivity index (χ1n) is 7.03. The Morgan fingerprint density at radius 1 is 1.09 bits per heavy atom. The minimum absolute atomic E-state index is 0.252. The van der Waals surface area contributed by atoms with Gasteiger partial charge in [-0.15, -0.1) is 6.42 Å². The number of benzene rings is 2. The molecule has 114 valence electrons. The van der Waals surface area contributed by atoms with Gasteiger partial charge < -0.3 is 0 Å². The third-order valence-corrected chi connectivity index (χ3v) is 5.41. The van der Waals surface area contributed by atoms with E-state index in [-0.39, 0.29) is 11.4 Å². The van der Waals surface area contributed by atoms with Crippen LogP contribution < -0.4 is 0 Å². The second-order valence-electron chi connectivity index (χ2n) is 5.19. The Balaban J connectivity index is 2.40. The summed E-state index contributed by atoms with van der Waals surface area (Å²) in [5, 5.41) is 0. The van der Waals surface area contributed by atoms with Gasteiger partial charge in [-0.1, -0.05) is 53.9 Å². The molecule has 2 aromatic carbocycles. The molecule has 0 aliphatic rings. The number of hydrogen-bond donors (Lipinski definition) is 0. The van der Waals surface area contributed by atoms with E-state index < -0.39 is 16.1 Å². The smallest absolute Gasteiger partial charge is 0.207 e. The van der Waals surface area contributed by atoms with Crippen LogP contribution in [0.25, 0.3) is 0 Å². The second kappa shape index (κ2) is 6.78. The number of terminal acetylenes is 1.